The maximum absolute atomic E-state index is 10.7. The van der Waals surface area contributed by atoms with E-state index >= 15 is 0 Å². The Bertz CT molecular complexity index is 640. The number of carbonyl (C=O) groups is 1. The predicted molar refractivity (Wildman–Crippen MR) is 69.2 cm³/mol. The predicted octanol–water partition coefficient (Wildman–Crippen LogP) is 1.23. The maximum atomic E-state index is 10.7. The fraction of sp³-hybridized carbons (Fsp3) is 0.231. The van der Waals surface area contributed by atoms with E-state index in [9.17, 15) is 4.79 Å². The molecule has 3 rings (SSSR count). The number of rotatable bonds is 2. The van der Waals surface area contributed by atoms with Crippen LogP contribution in [0.3, 0.4) is 0 Å². The smallest absolute Gasteiger partial charge is 0.356 e. The van der Waals surface area contributed by atoms with Gasteiger partial charge < -0.3 is 10.0 Å². The number of pyridine rings is 1. The number of likely N-dealkylation sites (N-methyl/N-ethyl adjacent to an activating group) is 1. The summed E-state index contributed by atoms with van der Waals surface area (Å²) in [5, 5.41) is 8.78. The molecule has 1 aliphatic heterocycles. The maximum Gasteiger partial charge on any atom is 0.356 e. The molecule has 0 radical (unpaired) electrons. The summed E-state index contributed by atoms with van der Waals surface area (Å²) in [6.45, 7) is 0.968. The molecule has 0 saturated heterocycles. The van der Waals surface area contributed by atoms with E-state index < -0.39 is 5.97 Å². The van der Waals surface area contributed by atoms with Crippen LogP contribution in [0.4, 0.5) is 5.82 Å². The molecule has 0 fully saturated rings. The number of carboxylic acid groups (broad SMARTS) is 1. The summed E-state index contributed by atoms with van der Waals surface area (Å²) in [5.74, 6) is -0.0772. The minimum absolute atomic E-state index is 0.0578. The van der Waals surface area contributed by atoms with Crippen molar-refractivity contribution in [2.24, 2.45) is 0 Å². The number of anilines is 1. The highest BCUT2D eigenvalue weighted by Crippen LogP contribution is 2.27. The molecule has 0 amide bonds. The highest BCUT2D eigenvalue weighted by molar-refractivity contribution is 5.85. The van der Waals surface area contributed by atoms with Crippen LogP contribution in [0.25, 0.3) is 11.3 Å². The molecule has 0 spiro atoms. The van der Waals surface area contributed by atoms with Gasteiger partial charge in [0, 0.05) is 25.4 Å². The first-order valence-corrected chi connectivity index (χ1v) is 5.91. The summed E-state index contributed by atoms with van der Waals surface area (Å²) in [5.41, 5.74) is 2.62. The third-order valence-corrected chi connectivity index (χ3v) is 3.19. The zero-order valence-electron chi connectivity index (χ0n) is 10.4. The van der Waals surface area contributed by atoms with Crippen molar-refractivity contribution in [1.82, 2.24) is 15.0 Å². The van der Waals surface area contributed by atoms with E-state index in [-0.39, 0.29) is 5.69 Å². The van der Waals surface area contributed by atoms with Gasteiger partial charge in [-0.25, -0.2) is 14.8 Å². The molecule has 2 aromatic heterocycles. The van der Waals surface area contributed by atoms with Crippen LogP contribution >= 0.6 is 0 Å². The SMILES string of the molecule is CN1CCc2cc(-c3cnc(C(=O)O)cn3)cnc21. The molecule has 6 heteroatoms. The Balaban J connectivity index is 1.96. The molecule has 96 valence electrons. The van der Waals surface area contributed by atoms with Crippen LogP contribution in [-0.2, 0) is 6.42 Å². The second kappa shape index (κ2) is 4.31. The Labute approximate surface area is 109 Å². The normalized spacial score (nSPS) is 13.4. The van der Waals surface area contributed by atoms with Crippen molar-refractivity contribution in [3.8, 4) is 11.3 Å². The fourth-order valence-electron chi connectivity index (χ4n) is 2.15. The summed E-state index contributed by atoms with van der Waals surface area (Å²) in [4.78, 5) is 25.2. The number of hydrogen-bond donors (Lipinski definition) is 1. The van der Waals surface area contributed by atoms with Crippen LogP contribution < -0.4 is 4.90 Å². The molecular weight excluding hydrogens is 244 g/mol. The summed E-state index contributed by atoms with van der Waals surface area (Å²) in [6.07, 6.45) is 5.43. The minimum atomic E-state index is -1.08. The fourth-order valence-corrected chi connectivity index (χ4v) is 2.15. The van der Waals surface area contributed by atoms with Crippen molar-refractivity contribution in [3.05, 3.63) is 35.9 Å². The van der Waals surface area contributed by atoms with Crippen molar-refractivity contribution >= 4 is 11.8 Å². The largest absolute Gasteiger partial charge is 0.476 e. The Morgan fingerprint density at radius 2 is 2.11 bits per heavy atom. The standard InChI is InChI=1S/C13H12N4O2/c1-17-3-2-8-4-9(5-16-12(8)17)10-6-15-11(7-14-10)13(18)19/h4-7H,2-3H2,1H3,(H,18,19). The zero-order valence-corrected chi connectivity index (χ0v) is 10.4. The number of aromatic carboxylic acids is 1. The van der Waals surface area contributed by atoms with Crippen molar-refractivity contribution in [2.45, 2.75) is 6.42 Å². The highest BCUT2D eigenvalue weighted by Gasteiger charge is 2.18. The van der Waals surface area contributed by atoms with E-state index in [0.29, 0.717) is 5.69 Å². The molecule has 2 aromatic rings. The second-order valence-corrected chi connectivity index (χ2v) is 4.47. The minimum Gasteiger partial charge on any atom is -0.476 e. The number of nitrogens with zero attached hydrogens (tertiary/aromatic N) is 4. The Kier molecular flexibility index (Phi) is 2.63. The van der Waals surface area contributed by atoms with Gasteiger partial charge in [0.2, 0.25) is 0 Å². The second-order valence-electron chi connectivity index (χ2n) is 4.47. The Morgan fingerprint density at radius 1 is 1.26 bits per heavy atom. The lowest BCUT2D eigenvalue weighted by molar-refractivity contribution is 0.0690. The molecule has 0 bridgehead atoms. The Morgan fingerprint density at radius 3 is 2.79 bits per heavy atom. The first-order chi connectivity index (χ1) is 9.15. The van der Waals surface area contributed by atoms with E-state index in [1.54, 1.807) is 6.20 Å². The van der Waals surface area contributed by atoms with E-state index in [1.165, 1.54) is 18.0 Å². The van der Waals surface area contributed by atoms with Gasteiger partial charge in [0.25, 0.3) is 0 Å². The first kappa shape index (κ1) is 11.6. The summed E-state index contributed by atoms with van der Waals surface area (Å²) in [6, 6.07) is 2.04. The molecule has 3 heterocycles. The van der Waals surface area contributed by atoms with Gasteiger partial charge in [0.15, 0.2) is 5.69 Å². The lowest BCUT2D eigenvalue weighted by atomic mass is 10.1. The van der Waals surface area contributed by atoms with Crippen LogP contribution in [-0.4, -0.2) is 39.6 Å². The molecule has 0 atom stereocenters. The van der Waals surface area contributed by atoms with E-state index in [4.69, 9.17) is 5.11 Å². The molecule has 6 nitrogen and oxygen atoms in total. The average molecular weight is 256 g/mol. The molecule has 0 unspecified atom stereocenters. The van der Waals surface area contributed by atoms with Crippen LogP contribution in [0.1, 0.15) is 16.1 Å². The monoisotopic (exact) mass is 256 g/mol. The number of hydrogen-bond acceptors (Lipinski definition) is 5. The van der Waals surface area contributed by atoms with Gasteiger partial charge >= 0.3 is 5.97 Å². The summed E-state index contributed by atoms with van der Waals surface area (Å²) >= 11 is 0. The molecule has 0 saturated carbocycles. The summed E-state index contributed by atoms with van der Waals surface area (Å²) < 4.78 is 0. The van der Waals surface area contributed by atoms with Crippen molar-refractivity contribution < 1.29 is 9.90 Å². The van der Waals surface area contributed by atoms with E-state index in [1.807, 2.05) is 13.1 Å². The number of carboxylic acids is 1. The van der Waals surface area contributed by atoms with Gasteiger partial charge in [-0.1, -0.05) is 0 Å². The van der Waals surface area contributed by atoms with Gasteiger partial charge in [0.05, 0.1) is 18.1 Å². The lowest BCUT2D eigenvalue weighted by Gasteiger charge is -2.10. The van der Waals surface area contributed by atoms with Gasteiger partial charge in [0.1, 0.15) is 5.82 Å². The molecular formula is C13H12N4O2. The van der Waals surface area contributed by atoms with Gasteiger partial charge in [-0.3, -0.25) is 4.98 Å². The van der Waals surface area contributed by atoms with Crippen molar-refractivity contribution in [1.29, 1.82) is 0 Å². The third kappa shape index (κ3) is 2.01. The molecule has 0 aliphatic carbocycles. The van der Waals surface area contributed by atoms with Gasteiger partial charge in [-0.15, -0.1) is 0 Å². The van der Waals surface area contributed by atoms with Gasteiger partial charge in [-0.05, 0) is 18.1 Å². The van der Waals surface area contributed by atoms with Crippen LogP contribution in [0, 0.1) is 0 Å². The Hall–Kier alpha value is -2.50. The number of aromatic nitrogens is 3. The summed E-state index contributed by atoms with van der Waals surface area (Å²) in [7, 11) is 2.01. The van der Waals surface area contributed by atoms with Gasteiger partial charge in [-0.2, -0.15) is 0 Å². The van der Waals surface area contributed by atoms with Crippen molar-refractivity contribution in [3.63, 3.8) is 0 Å². The zero-order chi connectivity index (χ0) is 13.4. The van der Waals surface area contributed by atoms with Crippen LogP contribution in [0.5, 0.6) is 0 Å². The van der Waals surface area contributed by atoms with E-state index in [2.05, 4.69) is 19.9 Å². The van der Waals surface area contributed by atoms with Crippen molar-refractivity contribution in [2.75, 3.05) is 18.5 Å². The molecule has 19 heavy (non-hydrogen) atoms. The topological polar surface area (TPSA) is 79.2 Å². The van der Waals surface area contributed by atoms with E-state index in [0.717, 1.165) is 24.3 Å². The molecule has 0 aromatic carbocycles. The number of fused-ring (bicyclic) bond motifs is 1. The van der Waals surface area contributed by atoms with Crippen LogP contribution in [0.15, 0.2) is 24.7 Å². The van der Waals surface area contributed by atoms with Crippen LogP contribution in [0.2, 0.25) is 0 Å². The quantitative estimate of drug-likeness (QED) is 0.870. The average Bonchev–Trinajstić information content (AvgIpc) is 2.80. The molecule has 1 aliphatic rings. The highest BCUT2D eigenvalue weighted by atomic mass is 16.4. The lowest BCUT2D eigenvalue weighted by Crippen LogP contribution is -2.13. The third-order valence-electron chi connectivity index (χ3n) is 3.19. The molecule has 1 N–H and O–H groups in total. The first-order valence-electron chi connectivity index (χ1n) is 5.91.